The van der Waals surface area contributed by atoms with E-state index in [1.807, 2.05) is 18.2 Å². The van der Waals surface area contributed by atoms with Crippen LogP contribution in [0.25, 0.3) is 22.4 Å². The fourth-order valence-corrected chi connectivity index (χ4v) is 4.49. The Hall–Kier alpha value is -2.70. The Morgan fingerprint density at radius 2 is 2.00 bits per heavy atom. The number of hydrogen-bond donors (Lipinski definition) is 2. The first-order chi connectivity index (χ1) is 13.7. The minimum Gasteiger partial charge on any atom is -0.395 e. The van der Waals surface area contributed by atoms with Crippen molar-refractivity contribution in [3.05, 3.63) is 53.6 Å². The molecule has 5 rings (SSSR count). The third-order valence-corrected chi connectivity index (χ3v) is 5.94. The number of nitrogens with zero attached hydrogens (tertiary/aromatic N) is 3. The quantitative estimate of drug-likeness (QED) is 0.734. The first-order valence-corrected chi connectivity index (χ1v) is 9.96. The van der Waals surface area contributed by atoms with Crippen molar-refractivity contribution in [2.75, 3.05) is 19.7 Å². The predicted octanol–water partition coefficient (Wildman–Crippen LogP) is 2.40. The highest BCUT2D eigenvalue weighted by Crippen LogP contribution is 2.29. The number of likely N-dealkylation sites (tertiary alicyclic amines) is 1. The van der Waals surface area contributed by atoms with Crippen LogP contribution in [0.5, 0.6) is 0 Å². The summed E-state index contributed by atoms with van der Waals surface area (Å²) in [6.45, 7) is 3.46. The van der Waals surface area contributed by atoms with Gasteiger partial charge in [0.05, 0.1) is 23.2 Å². The van der Waals surface area contributed by atoms with Crippen LogP contribution in [0.1, 0.15) is 28.8 Å². The number of para-hydroxylation sites is 1. The van der Waals surface area contributed by atoms with Crippen LogP contribution in [0.4, 0.5) is 0 Å². The maximum absolute atomic E-state index is 12.3. The molecule has 144 valence electrons. The van der Waals surface area contributed by atoms with Crippen LogP contribution in [-0.4, -0.2) is 51.2 Å². The molecule has 1 atom stereocenters. The molecule has 3 aromatic rings. The van der Waals surface area contributed by atoms with Crippen molar-refractivity contribution in [3.8, 4) is 11.4 Å². The Balaban J connectivity index is 1.48. The normalized spacial score (nSPS) is 19.8. The molecule has 6 heteroatoms. The molecule has 0 saturated carbocycles. The van der Waals surface area contributed by atoms with E-state index in [2.05, 4.69) is 39.0 Å². The summed E-state index contributed by atoms with van der Waals surface area (Å²) in [5, 5.41) is 12.5. The number of rotatable bonds is 4. The van der Waals surface area contributed by atoms with Crippen LogP contribution in [0.3, 0.4) is 0 Å². The van der Waals surface area contributed by atoms with Crippen LogP contribution >= 0.6 is 0 Å². The summed E-state index contributed by atoms with van der Waals surface area (Å²) < 4.78 is 2.15. The maximum Gasteiger partial charge on any atom is 0.253 e. The van der Waals surface area contributed by atoms with E-state index in [1.165, 1.54) is 5.56 Å². The van der Waals surface area contributed by atoms with E-state index in [0.717, 1.165) is 48.4 Å². The molecule has 2 aliphatic heterocycles. The third kappa shape index (κ3) is 2.89. The van der Waals surface area contributed by atoms with E-state index in [-0.39, 0.29) is 18.6 Å². The van der Waals surface area contributed by atoms with Gasteiger partial charge in [0.2, 0.25) is 0 Å². The highest BCUT2D eigenvalue weighted by Gasteiger charge is 2.24. The third-order valence-electron chi connectivity index (χ3n) is 5.94. The fraction of sp³-hybridized carbons (Fsp3) is 0.364. The van der Waals surface area contributed by atoms with E-state index in [4.69, 9.17) is 4.98 Å². The molecule has 2 aliphatic rings. The monoisotopic (exact) mass is 376 g/mol. The maximum atomic E-state index is 12.3. The van der Waals surface area contributed by atoms with Gasteiger partial charge in [0.15, 0.2) is 0 Å². The van der Waals surface area contributed by atoms with Crippen LogP contribution in [-0.2, 0) is 13.1 Å². The zero-order valence-corrected chi connectivity index (χ0v) is 15.8. The average Bonchev–Trinajstić information content (AvgIpc) is 3.28. The van der Waals surface area contributed by atoms with E-state index < -0.39 is 0 Å². The lowest BCUT2D eigenvalue weighted by Gasteiger charge is -2.22. The summed E-state index contributed by atoms with van der Waals surface area (Å²) in [6.07, 6.45) is 2.23. The molecule has 1 amide bonds. The molecule has 0 spiro atoms. The zero-order chi connectivity index (χ0) is 19.1. The van der Waals surface area contributed by atoms with Gasteiger partial charge in [-0.15, -0.1) is 0 Å². The van der Waals surface area contributed by atoms with Crippen LogP contribution in [0, 0.1) is 0 Å². The van der Waals surface area contributed by atoms with Crippen molar-refractivity contribution in [2.24, 2.45) is 0 Å². The highest BCUT2D eigenvalue weighted by atomic mass is 16.3. The molecule has 0 aliphatic carbocycles. The number of aliphatic hydroxyl groups is 1. The van der Waals surface area contributed by atoms with Crippen molar-refractivity contribution >= 4 is 16.9 Å². The zero-order valence-electron chi connectivity index (χ0n) is 15.8. The number of aliphatic hydroxyl groups excluding tert-OH is 1. The molecule has 0 radical (unpaired) electrons. The number of nitrogens with one attached hydrogen (secondary N) is 1. The molecule has 2 aromatic carbocycles. The van der Waals surface area contributed by atoms with Gasteiger partial charge >= 0.3 is 0 Å². The summed E-state index contributed by atoms with van der Waals surface area (Å²) in [5.74, 6) is 0.870. The Labute approximate surface area is 163 Å². The lowest BCUT2D eigenvalue weighted by atomic mass is 10.1. The number of hydrogen-bond acceptors (Lipinski definition) is 4. The van der Waals surface area contributed by atoms with Crippen molar-refractivity contribution in [1.82, 2.24) is 19.8 Å². The van der Waals surface area contributed by atoms with Crippen molar-refractivity contribution in [2.45, 2.75) is 32.0 Å². The summed E-state index contributed by atoms with van der Waals surface area (Å²) in [4.78, 5) is 19.5. The molecular weight excluding hydrogens is 352 g/mol. The number of benzene rings is 2. The van der Waals surface area contributed by atoms with Gasteiger partial charge < -0.3 is 15.0 Å². The lowest BCUT2D eigenvalue weighted by molar-refractivity contribution is 0.0956. The highest BCUT2D eigenvalue weighted by molar-refractivity contribution is 6.06. The fourth-order valence-electron chi connectivity index (χ4n) is 4.49. The first kappa shape index (κ1) is 17.4. The first-order valence-electron chi connectivity index (χ1n) is 9.96. The van der Waals surface area contributed by atoms with E-state index in [1.54, 1.807) is 0 Å². The molecule has 28 heavy (non-hydrogen) atoms. The van der Waals surface area contributed by atoms with Crippen molar-refractivity contribution < 1.29 is 9.90 Å². The van der Waals surface area contributed by atoms with Crippen LogP contribution in [0.2, 0.25) is 0 Å². The topological polar surface area (TPSA) is 70.4 Å². The predicted molar refractivity (Wildman–Crippen MR) is 108 cm³/mol. The van der Waals surface area contributed by atoms with Crippen LogP contribution < -0.4 is 5.32 Å². The molecule has 0 bridgehead atoms. The second-order valence-corrected chi connectivity index (χ2v) is 7.66. The van der Waals surface area contributed by atoms with E-state index >= 15 is 0 Å². The SMILES string of the molecule is O=C1NCCn2c(-c3ccc(CN4CCC[C@H]4CO)cc3)nc3cccc1c32. The molecule has 1 fully saturated rings. The van der Waals surface area contributed by atoms with Gasteiger partial charge in [0.25, 0.3) is 5.91 Å². The molecule has 1 aromatic heterocycles. The van der Waals surface area contributed by atoms with Crippen molar-refractivity contribution in [1.29, 1.82) is 0 Å². The van der Waals surface area contributed by atoms with Gasteiger partial charge in [-0.05, 0) is 37.1 Å². The average molecular weight is 376 g/mol. The Bertz CT molecular complexity index is 1020. The summed E-state index contributed by atoms with van der Waals surface area (Å²) >= 11 is 0. The van der Waals surface area contributed by atoms with Gasteiger partial charge in [-0.2, -0.15) is 0 Å². The minimum atomic E-state index is -0.0322. The number of amides is 1. The summed E-state index contributed by atoms with van der Waals surface area (Å²) in [6, 6.07) is 14.5. The lowest BCUT2D eigenvalue weighted by Crippen LogP contribution is -2.31. The molecule has 2 N–H and O–H groups in total. The smallest absolute Gasteiger partial charge is 0.253 e. The van der Waals surface area contributed by atoms with Gasteiger partial charge in [-0.3, -0.25) is 9.69 Å². The Morgan fingerprint density at radius 1 is 1.14 bits per heavy atom. The van der Waals surface area contributed by atoms with Gasteiger partial charge in [-0.1, -0.05) is 30.3 Å². The summed E-state index contributed by atoms with van der Waals surface area (Å²) in [7, 11) is 0. The molecule has 0 unspecified atom stereocenters. The number of imidazole rings is 1. The Kier molecular flexibility index (Phi) is 4.37. The van der Waals surface area contributed by atoms with Crippen molar-refractivity contribution in [3.63, 3.8) is 0 Å². The van der Waals surface area contributed by atoms with Crippen LogP contribution in [0.15, 0.2) is 42.5 Å². The molecule has 1 saturated heterocycles. The molecule has 3 heterocycles. The molecular formula is C22H24N4O2. The second kappa shape index (κ2) is 7.04. The summed E-state index contributed by atoms with van der Waals surface area (Å²) in [5.41, 5.74) is 4.76. The minimum absolute atomic E-state index is 0.0322. The number of carbonyl (C=O) groups is 1. The molecule has 6 nitrogen and oxygen atoms in total. The largest absolute Gasteiger partial charge is 0.395 e. The standard InChI is InChI=1S/C22H24N4O2/c27-14-17-3-2-11-25(17)13-15-6-8-16(9-7-15)21-24-19-5-1-4-18-20(19)26(21)12-10-23-22(18)28/h1,4-9,17,27H,2-3,10-14H2,(H,23,28)/t17-/m0/s1. The number of aromatic nitrogens is 2. The number of carbonyl (C=O) groups excluding carboxylic acids is 1. The van der Waals surface area contributed by atoms with E-state index in [9.17, 15) is 9.90 Å². The van der Waals surface area contributed by atoms with Gasteiger partial charge in [0, 0.05) is 31.2 Å². The van der Waals surface area contributed by atoms with E-state index in [0.29, 0.717) is 18.7 Å². The van der Waals surface area contributed by atoms with Gasteiger partial charge in [0.1, 0.15) is 5.82 Å². The second-order valence-electron chi connectivity index (χ2n) is 7.66. The Morgan fingerprint density at radius 3 is 2.82 bits per heavy atom. The van der Waals surface area contributed by atoms with Gasteiger partial charge in [-0.25, -0.2) is 4.98 Å².